The number of aromatic nitrogens is 2. The van der Waals surface area contributed by atoms with Crippen molar-refractivity contribution in [2.24, 2.45) is 5.73 Å². The molecule has 6 heteroatoms. The molecule has 1 unspecified atom stereocenters. The summed E-state index contributed by atoms with van der Waals surface area (Å²) >= 11 is 13.2. The predicted octanol–water partition coefficient (Wildman–Crippen LogP) is 4.69. The van der Waals surface area contributed by atoms with Gasteiger partial charge in [-0.3, -0.25) is 4.68 Å². The molecule has 0 saturated carbocycles. The van der Waals surface area contributed by atoms with Gasteiger partial charge in [-0.25, -0.2) is 0 Å². The third kappa shape index (κ3) is 3.05. The standard InChI is InChI=1S/C13H14Br2ClN3/c1-7(2)19-13(11(16)6-18-19)12(17)9-5-8(14)3-4-10(9)15/h3-7,12H,17H2,1-2H3. The van der Waals surface area contributed by atoms with E-state index in [0.717, 1.165) is 20.2 Å². The average Bonchev–Trinajstić information content (AvgIpc) is 2.73. The maximum absolute atomic E-state index is 6.37. The van der Waals surface area contributed by atoms with Crippen LogP contribution in [-0.2, 0) is 0 Å². The minimum Gasteiger partial charge on any atom is -0.319 e. The van der Waals surface area contributed by atoms with Crippen LogP contribution in [0.4, 0.5) is 0 Å². The molecular weight excluding hydrogens is 393 g/mol. The van der Waals surface area contributed by atoms with Crippen LogP contribution in [-0.4, -0.2) is 9.78 Å². The lowest BCUT2D eigenvalue weighted by molar-refractivity contribution is 0.499. The van der Waals surface area contributed by atoms with E-state index in [1.165, 1.54) is 0 Å². The molecule has 0 aliphatic rings. The molecule has 102 valence electrons. The van der Waals surface area contributed by atoms with Gasteiger partial charge in [0.05, 0.1) is 23.0 Å². The molecule has 1 aromatic heterocycles. The summed E-state index contributed by atoms with van der Waals surface area (Å²) in [5, 5.41) is 4.88. The van der Waals surface area contributed by atoms with Crippen LogP contribution in [0.1, 0.15) is 37.2 Å². The van der Waals surface area contributed by atoms with Gasteiger partial charge >= 0.3 is 0 Å². The van der Waals surface area contributed by atoms with Crippen molar-refractivity contribution in [3.8, 4) is 0 Å². The summed E-state index contributed by atoms with van der Waals surface area (Å²) in [6.45, 7) is 4.10. The molecule has 0 saturated heterocycles. The zero-order valence-corrected chi connectivity index (χ0v) is 14.5. The fourth-order valence-electron chi connectivity index (χ4n) is 1.95. The predicted molar refractivity (Wildman–Crippen MR) is 85.5 cm³/mol. The Labute approximate surface area is 134 Å². The molecule has 0 bridgehead atoms. The molecule has 2 rings (SSSR count). The largest absolute Gasteiger partial charge is 0.319 e. The van der Waals surface area contributed by atoms with E-state index in [0.29, 0.717) is 5.02 Å². The van der Waals surface area contributed by atoms with E-state index in [1.807, 2.05) is 22.9 Å². The number of halogens is 3. The van der Waals surface area contributed by atoms with E-state index >= 15 is 0 Å². The molecule has 1 heterocycles. The molecule has 0 spiro atoms. The van der Waals surface area contributed by atoms with Crippen LogP contribution in [0.5, 0.6) is 0 Å². The van der Waals surface area contributed by atoms with Crippen LogP contribution >= 0.6 is 43.5 Å². The van der Waals surface area contributed by atoms with Gasteiger partial charge in [0.1, 0.15) is 0 Å². The second-order valence-electron chi connectivity index (χ2n) is 4.56. The van der Waals surface area contributed by atoms with Gasteiger partial charge in [-0.2, -0.15) is 5.10 Å². The highest BCUT2D eigenvalue weighted by molar-refractivity contribution is 9.11. The maximum Gasteiger partial charge on any atom is 0.0837 e. The van der Waals surface area contributed by atoms with Crippen LogP contribution in [0, 0.1) is 0 Å². The lowest BCUT2D eigenvalue weighted by atomic mass is 10.0. The van der Waals surface area contributed by atoms with Crippen molar-refractivity contribution in [2.75, 3.05) is 0 Å². The van der Waals surface area contributed by atoms with Gasteiger partial charge in [0.25, 0.3) is 0 Å². The Kier molecular flexibility index (Phi) is 4.71. The van der Waals surface area contributed by atoms with Crippen LogP contribution in [0.15, 0.2) is 33.3 Å². The van der Waals surface area contributed by atoms with Gasteiger partial charge in [-0.1, -0.05) is 43.5 Å². The normalized spacial score (nSPS) is 13.0. The van der Waals surface area contributed by atoms with Gasteiger partial charge < -0.3 is 5.73 Å². The van der Waals surface area contributed by atoms with Crippen LogP contribution in [0.25, 0.3) is 0 Å². The van der Waals surface area contributed by atoms with Crippen molar-refractivity contribution in [2.45, 2.75) is 25.9 Å². The second-order valence-corrected chi connectivity index (χ2v) is 6.74. The third-order valence-corrected chi connectivity index (χ3v) is 4.37. The number of hydrogen-bond acceptors (Lipinski definition) is 2. The highest BCUT2D eigenvalue weighted by atomic mass is 79.9. The molecule has 19 heavy (non-hydrogen) atoms. The van der Waals surface area contributed by atoms with E-state index in [4.69, 9.17) is 17.3 Å². The van der Waals surface area contributed by atoms with Gasteiger partial charge in [-0.15, -0.1) is 0 Å². The Morgan fingerprint density at radius 1 is 1.32 bits per heavy atom. The summed E-state index contributed by atoms with van der Waals surface area (Å²) in [5.41, 5.74) is 8.17. The zero-order chi connectivity index (χ0) is 14.2. The first-order chi connectivity index (χ1) is 8.91. The van der Waals surface area contributed by atoms with Crippen molar-refractivity contribution >= 4 is 43.5 Å². The van der Waals surface area contributed by atoms with Crippen molar-refractivity contribution in [3.05, 3.63) is 49.6 Å². The first kappa shape index (κ1) is 15.0. The number of benzene rings is 1. The van der Waals surface area contributed by atoms with Gasteiger partial charge in [0.2, 0.25) is 0 Å². The summed E-state index contributed by atoms with van der Waals surface area (Å²) in [7, 11) is 0. The number of rotatable bonds is 3. The van der Waals surface area contributed by atoms with E-state index in [2.05, 4.69) is 50.8 Å². The monoisotopic (exact) mass is 405 g/mol. The van der Waals surface area contributed by atoms with E-state index in [-0.39, 0.29) is 12.1 Å². The van der Waals surface area contributed by atoms with Crippen LogP contribution in [0.3, 0.4) is 0 Å². The highest BCUT2D eigenvalue weighted by Crippen LogP contribution is 2.33. The minimum atomic E-state index is -0.329. The Morgan fingerprint density at radius 3 is 2.63 bits per heavy atom. The van der Waals surface area contributed by atoms with Gasteiger partial charge in [0, 0.05) is 15.0 Å². The van der Waals surface area contributed by atoms with Gasteiger partial charge in [-0.05, 0) is 37.6 Å². The average molecular weight is 408 g/mol. The van der Waals surface area contributed by atoms with E-state index in [1.54, 1.807) is 6.20 Å². The Bertz CT molecular complexity index is 596. The van der Waals surface area contributed by atoms with Gasteiger partial charge in [0.15, 0.2) is 0 Å². The topological polar surface area (TPSA) is 43.8 Å². The molecule has 0 radical (unpaired) electrons. The fourth-order valence-corrected chi connectivity index (χ4v) is 3.07. The number of hydrogen-bond donors (Lipinski definition) is 1. The van der Waals surface area contributed by atoms with E-state index in [9.17, 15) is 0 Å². The summed E-state index contributed by atoms with van der Waals surface area (Å²) < 4.78 is 3.80. The Hall–Kier alpha value is -0.360. The SMILES string of the molecule is CC(C)n1ncc(Cl)c1C(N)c1cc(Br)ccc1Br. The minimum absolute atomic E-state index is 0.208. The van der Waals surface area contributed by atoms with Crippen LogP contribution < -0.4 is 5.73 Å². The molecule has 2 aromatic rings. The van der Waals surface area contributed by atoms with Crippen molar-refractivity contribution in [1.29, 1.82) is 0 Å². The first-order valence-electron chi connectivity index (χ1n) is 5.85. The molecule has 1 atom stereocenters. The summed E-state index contributed by atoms with van der Waals surface area (Å²) in [4.78, 5) is 0. The Morgan fingerprint density at radius 2 is 2.00 bits per heavy atom. The quantitative estimate of drug-likeness (QED) is 0.802. The molecule has 1 aromatic carbocycles. The van der Waals surface area contributed by atoms with Crippen LogP contribution in [0.2, 0.25) is 5.02 Å². The molecule has 0 fully saturated rings. The van der Waals surface area contributed by atoms with Crippen molar-refractivity contribution < 1.29 is 0 Å². The zero-order valence-electron chi connectivity index (χ0n) is 10.6. The fraction of sp³-hybridized carbons (Fsp3) is 0.308. The lowest BCUT2D eigenvalue weighted by Gasteiger charge is -2.19. The third-order valence-electron chi connectivity index (χ3n) is 2.86. The van der Waals surface area contributed by atoms with Crippen molar-refractivity contribution in [3.63, 3.8) is 0 Å². The van der Waals surface area contributed by atoms with E-state index < -0.39 is 0 Å². The molecule has 3 nitrogen and oxygen atoms in total. The molecule has 0 aliphatic carbocycles. The second kappa shape index (κ2) is 5.95. The molecule has 0 aliphatic heterocycles. The first-order valence-corrected chi connectivity index (χ1v) is 7.81. The summed E-state index contributed by atoms with van der Waals surface area (Å²) in [6, 6.07) is 5.79. The Balaban J connectivity index is 2.52. The maximum atomic E-state index is 6.37. The molecular formula is C13H14Br2ClN3. The van der Waals surface area contributed by atoms with Crippen molar-refractivity contribution in [1.82, 2.24) is 9.78 Å². The smallest absolute Gasteiger partial charge is 0.0837 e. The number of nitrogens with zero attached hydrogens (tertiary/aromatic N) is 2. The lowest BCUT2D eigenvalue weighted by Crippen LogP contribution is -2.19. The highest BCUT2D eigenvalue weighted by Gasteiger charge is 2.21. The summed E-state index contributed by atoms with van der Waals surface area (Å²) in [6.07, 6.45) is 1.64. The molecule has 2 N–H and O–H groups in total. The number of nitrogens with two attached hydrogens (primary N) is 1. The molecule has 0 amide bonds. The summed E-state index contributed by atoms with van der Waals surface area (Å²) in [5.74, 6) is 0.